The van der Waals surface area contributed by atoms with E-state index in [0.29, 0.717) is 0 Å². The van der Waals surface area contributed by atoms with Crippen LogP contribution in [0.15, 0.2) is 42.5 Å². The molecule has 116 valence electrons. The van der Waals surface area contributed by atoms with Gasteiger partial charge in [-0.2, -0.15) is 0 Å². The number of H-pyrrole nitrogens is 1. The van der Waals surface area contributed by atoms with Gasteiger partial charge in [-0.3, -0.25) is 9.78 Å². The highest BCUT2D eigenvalue weighted by Crippen LogP contribution is 2.24. The summed E-state index contributed by atoms with van der Waals surface area (Å²) in [5.74, 6) is 0. The highest BCUT2D eigenvalue weighted by atomic mass is 15.3. The third-order valence-electron chi connectivity index (χ3n) is 3.03. The molecular formula is C19H30N2. The van der Waals surface area contributed by atoms with Crippen LogP contribution in [0, 0.1) is 6.92 Å². The number of aryl methyl sites for hydroxylation is 2. The summed E-state index contributed by atoms with van der Waals surface area (Å²) < 4.78 is 2.02. The van der Waals surface area contributed by atoms with Gasteiger partial charge in [0.1, 0.15) is 0 Å². The van der Waals surface area contributed by atoms with E-state index in [1.165, 1.54) is 34.1 Å². The third kappa shape index (κ3) is 4.25. The fourth-order valence-electron chi connectivity index (χ4n) is 2.03. The van der Waals surface area contributed by atoms with Gasteiger partial charge in [-0.1, -0.05) is 70.0 Å². The van der Waals surface area contributed by atoms with Crippen LogP contribution in [0.3, 0.4) is 0 Å². The van der Waals surface area contributed by atoms with Gasteiger partial charge < -0.3 is 0 Å². The van der Waals surface area contributed by atoms with Crippen LogP contribution in [0.2, 0.25) is 0 Å². The first-order chi connectivity index (χ1) is 10.2. The minimum absolute atomic E-state index is 0. The molecule has 21 heavy (non-hydrogen) atoms. The molecule has 0 fully saturated rings. The molecule has 2 nitrogen and oxygen atoms in total. The molecule has 1 heterocycles. The summed E-state index contributed by atoms with van der Waals surface area (Å²) in [6, 6.07) is 15.1. The standard InChI is InChI=1S/C14H14N2.C3H8.C2H6.H2/c1-10-3-5-11(6-4-10)12-7-8-14-13(9-12)15-16(14)2;1-3-2;1-2;/h3-9,15H,1-2H3;3H2,1-2H3;1-2H3;1H. The molecule has 0 aliphatic rings. The lowest BCUT2D eigenvalue weighted by atomic mass is 10.0. The molecule has 2 heteroatoms. The number of nitrogens with one attached hydrogen (secondary N) is 1. The Morgan fingerprint density at radius 1 is 0.952 bits per heavy atom. The minimum atomic E-state index is 0. The van der Waals surface area contributed by atoms with Crippen molar-refractivity contribution in [1.82, 2.24) is 9.78 Å². The van der Waals surface area contributed by atoms with Crippen LogP contribution in [-0.4, -0.2) is 9.78 Å². The SMILES string of the molecule is CC.CCC.Cc1ccc(-c2ccc3c(c2)[nH]n3C)cc1.[HH]. The topological polar surface area (TPSA) is 20.7 Å². The van der Waals surface area contributed by atoms with Crippen molar-refractivity contribution in [2.24, 2.45) is 7.05 Å². The van der Waals surface area contributed by atoms with Crippen molar-refractivity contribution in [1.29, 1.82) is 0 Å². The maximum Gasteiger partial charge on any atom is 0.0818 e. The van der Waals surface area contributed by atoms with Crippen LogP contribution < -0.4 is 0 Å². The predicted octanol–water partition coefficient (Wildman–Crippen LogP) is 6.17. The Morgan fingerprint density at radius 2 is 1.48 bits per heavy atom. The van der Waals surface area contributed by atoms with Crippen LogP contribution in [0.25, 0.3) is 22.2 Å². The Morgan fingerprint density at radius 3 is 1.95 bits per heavy atom. The Labute approximate surface area is 130 Å². The number of aromatic amines is 1. The molecule has 0 aliphatic heterocycles. The second kappa shape index (κ2) is 8.35. The molecule has 0 atom stereocenters. The van der Waals surface area contributed by atoms with Crippen LogP contribution in [0.4, 0.5) is 0 Å². The number of hydrogen-bond acceptors (Lipinski definition) is 0. The largest absolute Gasteiger partial charge is 0.296 e. The van der Waals surface area contributed by atoms with Crippen LogP contribution in [0.1, 0.15) is 41.1 Å². The smallest absolute Gasteiger partial charge is 0.0818 e. The lowest BCUT2D eigenvalue weighted by Crippen LogP contribution is -2.04. The van der Waals surface area contributed by atoms with Crippen molar-refractivity contribution in [2.75, 3.05) is 0 Å². The number of fused-ring (bicyclic) bond motifs is 1. The third-order valence-corrected chi connectivity index (χ3v) is 3.03. The fourth-order valence-corrected chi connectivity index (χ4v) is 2.03. The Bertz CT molecular complexity index is 648. The van der Waals surface area contributed by atoms with Gasteiger partial charge in [-0.05, 0) is 30.2 Å². The average molecular weight is 286 g/mol. The van der Waals surface area contributed by atoms with Crippen molar-refractivity contribution in [3.05, 3.63) is 48.0 Å². The molecule has 0 bridgehead atoms. The Hall–Kier alpha value is -1.96. The maximum atomic E-state index is 3.24. The van der Waals surface area contributed by atoms with Gasteiger partial charge in [0.15, 0.2) is 0 Å². The van der Waals surface area contributed by atoms with Gasteiger partial charge in [0.2, 0.25) is 0 Å². The van der Waals surface area contributed by atoms with Crippen molar-refractivity contribution in [3.8, 4) is 11.1 Å². The minimum Gasteiger partial charge on any atom is -0.296 e. The number of hydrogen-bond donors (Lipinski definition) is 1. The molecule has 1 aromatic heterocycles. The molecule has 1 N–H and O–H groups in total. The second-order valence-corrected chi connectivity index (χ2v) is 4.98. The summed E-state index contributed by atoms with van der Waals surface area (Å²) in [6.45, 7) is 10.4. The molecule has 0 saturated heterocycles. The molecule has 0 radical (unpaired) electrons. The molecule has 0 aliphatic carbocycles. The van der Waals surface area contributed by atoms with E-state index in [4.69, 9.17) is 0 Å². The molecule has 0 unspecified atom stereocenters. The quantitative estimate of drug-likeness (QED) is 0.552. The van der Waals surface area contributed by atoms with Gasteiger partial charge in [0, 0.05) is 8.47 Å². The molecule has 3 aromatic rings. The summed E-state index contributed by atoms with van der Waals surface area (Å²) in [4.78, 5) is 0. The molecule has 0 saturated carbocycles. The monoisotopic (exact) mass is 286 g/mol. The first kappa shape index (κ1) is 17.1. The number of benzene rings is 2. The zero-order chi connectivity index (χ0) is 15.8. The summed E-state index contributed by atoms with van der Waals surface area (Å²) in [6.07, 6.45) is 1.25. The highest BCUT2D eigenvalue weighted by Gasteiger charge is 2.04. The predicted molar refractivity (Wildman–Crippen MR) is 96.9 cm³/mol. The lowest BCUT2D eigenvalue weighted by molar-refractivity contribution is 0.762. The average Bonchev–Trinajstić information content (AvgIpc) is 2.49. The number of nitrogens with zero attached hydrogens (tertiary/aromatic N) is 1. The zero-order valence-corrected chi connectivity index (χ0v) is 14.2. The lowest BCUT2D eigenvalue weighted by Gasteiger charge is -2.13. The maximum absolute atomic E-state index is 3.24. The highest BCUT2D eigenvalue weighted by molar-refractivity contribution is 5.83. The van der Waals surface area contributed by atoms with Crippen LogP contribution in [0.5, 0.6) is 0 Å². The molecule has 0 amide bonds. The van der Waals surface area contributed by atoms with Crippen molar-refractivity contribution >= 4 is 11.0 Å². The van der Waals surface area contributed by atoms with Gasteiger partial charge in [0.25, 0.3) is 0 Å². The molecular weight excluding hydrogens is 256 g/mol. The van der Waals surface area contributed by atoms with Gasteiger partial charge >= 0.3 is 0 Å². The summed E-state index contributed by atoms with van der Waals surface area (Å²) in [5, 5.41) is 3.24. The molecule has 3 rings (SSSR count). The molecule has 0 spiro atoms. The molecule has 2 aromatic carbocycles. The van der Waals surface area contributed by atoms with E-state index < -0.39 is 0 Å². The van der Waals surface area contributed by atoms with Gasteiger partial charge in [0.05, 0.1) is 11.0 Å². The van der Waals surface area contributed by atoms with Crippen molar-refractivity contribution in [3.63, 3.8) is 0 Å². The van der Waals surface area contributed by atoms with Crippen LogP contribution in [-0.2, 0) is 7.05 Å². The normalized spacial score (nSPS) is 9.62. The van der Waals surface area contributed by atoms with E-state index in [1.807, 2.05) is 25.6 Å². The first-order valence-corrected chi connectivity index (χ1v) is 7.87. The van der Waals surface area contributed by atoms with E-state index >= 15 is 0 Å². The van der Waals surface area contributed by atoms with E-state index in [9.17, 15) is 0 Å². The van der Waals surface area contributed by atoms with E-state index in [2.05, 4.69) is 68.3 Å². The van der Waals surface area contributed by atoms with E-state index in [0.717, 1.165) is 0 Å². The van der Waals surface area contributed by atoms with Gasteiger partial charge in [-0.25, -0.2) is 0 Å². The first-order valence-electron chi connectivity index (χ1n) is 7.87. The summed E-state index contributed by atoms with van der Waals surface area (Å²) in [5.41, 5.74) is 6.30. The van der Waals surface area contributed by atoms with Gasteiger partial charge in [-0.15, -0.1) is 0 Å². The second-order valence-electron chi connectivity index (χ2n) is 4.98. The fraction of sp³-hybridized carbons (Fsp3) is 0.368. The number of aromatic nitrogens is 2. The van der Waals surface area contributed by atoms with Crippen LogP contribution >= 0.6 is 0 Å². The Kier molecular flexibility index (Phi) is 6.80. The summed E-state index contributed by atoms with van der Waals surface area (Å²) in [7, 11) is 2.02. The summed E-state index contributed by atoms with van der Waals surface area (Å²) >= 11 is 0. The van der Waals surface area contributed by atoms with E-state index in [1.54, 1.807) is 0 Å². The number of rotatable bonds is 1. The van der Waals surface area contributed by atoms with E-state index in [-0.39, 0.29) is 1.43 Å². The zero-order valence-electron chi connectivity index (χ0n) is 14.2. The van der Waals surface area contributed by atoms with Crippen molar-refractivity contribution in [2.45, 2.75) is 41.0 Å². The van der Waals surface area contributed by atoms with Crippen molar-refractivity contribution < 1.29 is 1.43 Å². The Balaban J connectivity index is 0.000000663.